The van der Waals surface area contributed by atoms with Crippen LogP contribution < -0.4 is 10.6 Å². The summed E-state index contributed by atoms with van der Waals surface area (Å²) >= 11 is 0. The number of alkyl halides is 2. The van der Waals surface area contributed by atoms with E-state index in [0.717, 1.165) is 22.3 Å². The van der Waals surface area contributed by atoms with Crippen LogP contribution in [0.4, 0.5) is 13.6 Å². The molecule has 0 spiro atoms. The van der Waals surface area contributed by atoms with Crippen molar-refractivity contribution in [2.24, 2.45) is 11.3 Å². The van der Waals surface area contributed by atoms with Gasteiger partial charge in [-0.25, -0.2) is 18.4 Å². The summed E-state index contributed by atoms with van der Waals surface area (Å²) in [6.45, 7) is 0.176. The molecule has 3 aliphatic carbocycles. The van der Waals surface area contributed by atoms with Crippen LogP contribution in [0.25, 0.3) is 11.1 Å². The normalized spacial score (nSPS) is 24.8. The minimum Gasteiger partial charge on any atom is -0.480 e. The van der Waals surface area contributed by atoms with Crippen LogP contribution in [0, 0.1) is 11.3 Å². The van der Waals surface area contributed by atoms with Crippen LogP contribution in [-0.2, 0) is 14.3 Å². The molecule has 0 radical (unpaired) electrons. The van der Waals surface area contributed by atoms with Crippen molar-refractivity contribution in [2.45, 2.75) is 50.1 Å². The minimum atomic E-state index is -2.84. The van der Waals surface area contributed by atoms with Crippen LogP contribution >= 0.6 is 0 Å². The highest BCUT2D eigenvalue weighted by Gasteiger charge is 2.65. The van der Waals surface area contributed by atoms with Gasteiger partial charge in [0.05, 0.1) is 5.41 Å². The lowest BCUT2D eigenvalue weighted by Gasteiger charge is -2.21. The smallest absolute Gasteiger partial charge is 0.407 e. The Balaban J connectivity index is 1.16. The van der Waals surface area contributed by atoms with Gasteiger partial charge < -0.3 is 20.5 Å². The van der Waals surface area contributed by atoms with Crippen molar-refractivity contribution in [1.82, 2.24) is 10.6 Å². The first kappa shape index (κ1) is 23.3. The highest BCUT2D eigenvalue weighted by Crippen LogP contribution is 2.63. The lowest BCUT2D eigenvalue weighted by Crippen LogP contribution is -2.46. The number of hydrogen-bond acceptors (Lipinski definition) is 4. The zero-order chi connectivity index (χ0) is 24.7. The number of carbonyl (C=O) groups is 3. The molecule has 2 fully saturated rings. The third-order valence-electron chi connectivity index (χ3n) is 7.55. The van der Waals surface area contributed by atoms with E-state index >= 15 is 0 Å². The van der Waals surface area contributed by atoms with E-state index in [2.05, 4.69) is 22.8 Å². The molecule has 184 valence electrons. The third-order valence-corrected chi connectivity index (χ3v) is 7.55. The monoisotopic (exact) mass is 484 g/mol. The number of aliphatic carboxylic acids is 1. The van der Waals surface area contributed by atoms with Gasteiger partial charge in [-0.15, -0.1) is 0 Å². The third kappa shape index (κ3) is 4.35. The minimum absolute atomic E-state index is 0.0117. The molecule has 2 aromatic carbocycles. The first-order valence-corrected chi connectivity index (χ1v) is 11.7. The van der Waals surface area contributed by atoms with E-state index in [1.54, 1.807) is 0 Å². The van der Waals surface area contributed by atoms with Crippen LogP contribution in [0.2, 0.25) is 0 Å². The number of carboxylic acid groups (broad SMARTS) is 1. The Morgan fingerprint density at radius 1 is 1.03 bits per heavy atom. The average molecular weight is 484 g/mol. The Morgan fingerprint density at radius 2 is 1.66 bits per heavy atom. The average Bonchev–Trinajstić information content (AvgIpc) is 3.25. The van der Waals surface area contributed by atoms with Crippen LogP contribution in [0.3, 0.4) is 0 Å². The Morgan fingerprint density at radius 3 is 2.26 bits per heavy atom. The van der Waals surface area contributed by atoms with Crippen molar-refractivity contribution in [1.29, 1.82) is 0 Å². The summed E-state index contributed by atoms with van der Waals surface area (Å²) in [4.78, 5) is 36.5. The second-order valence-corrected chi connectivity index (χ2v) is 9.65. The standard InChI is InChI=1S/C26H26F2N2O5/c27-22(28)10-21(23(31)32)30-24(33)26-11-14(26)9-15(12-26)29-25(34)35-13-20-18-7-3-1-5-16(18)17-6-2-4-8-19(17)20/h1-8,14-15,20-22H,9-13H2,(H,29,34)(H,30,33)(H,31,32)/t14-,15+,21?,26+/m0/s1. The summed E-state index contributed by atoms with van der Waals surface area (Å²) in [5, 5.41) is 14.2. The van der Waals surface area contributed by atoms with E-state index in [-0.39, 0.29) is 24.5 Å². The van der Waals surface area contributed by atoms with Crippen LogP contribution in [0.15, 0.2) is 48.5 Å². The van der Waals surface area contributed by atoms with Gasteiger partial charge in [-0.3, -0.25) is 4.79 Å². The molecule has 2 aromatic rings. The number of fused-ring (bicyclic) bond motifs is 4. The number of hydrogen-bond donors (Lipinski definition) is 3. The number of rotatable bonds is 8. The SMILES string of the molecule is O=C(N[C@@H]1C[C@H]2C[C@@]2(C(=O)NC(CC(F)F)C(=O)O)C1)OCC1c2ccccc2-c2ccccc21. The number of benzene rings is 2. The second kappa shape index (κ2) is 8.94. The van der Waals surface area contributed by atoms with Gasteiger partial charge in [-0.2, -0.15) is 0 Å². The fourth-order valence-corrected chi connectivity index (χ4v) is 5.80. The van der Waals surface area contributed by atoms with Crippen LogP contribution in [-0.4, -0.2) is 48.2 Å². The highest BCUT2D eigenvalue weighted by atomic mass is 19.3. The molecule has 0 aromatic heterocycles. The van der Waals surface area contributed by atoms with Gasteiger partial charge in [-0.05, 0) is 47.4 Å². The quantitative estimate of drug-likeness (QED) is 0.527. The van der Waals surface area contributed by atoms with Crippen LogP contribution in [0.1, 0.15) is 42.7 Å². The van der Waals surface area contributed by atoms with Gasteiger partial charge in [0.2, 0.25) is 12.3 Å². The summed E-state index contributed by atoms with van der Waals surface area (Å²) in [6, 6.07) is 14.1. The first-order valence-electron chi connectivity index (χ1n) is 11.7. The molecule has 7 nitrogen and oxygen atoms in total. The lowest BCUT2D eigenvalue weighted by atomic mass is 9.98. The molecular weight excluding hydrogens is 458 g/mol. The zero-order valence-corrected chi connectivity index (χ0v) is 18.9. The maximum Gasteiger partial charge on any atom is 0.407 e. The molecule has 35 heavy (non-hydrogen) atoms. The molecule has 0 heterocycles. The highest BCUT2D eigenvalue weighted by molar-refractivity contribution is 5.90. The molecule has 0 saturated heterocycles. The fraction of sp³-hybridized carbons (Fsp3) is 0.423. The van der Waals surface area contributed by atoms with E-state index in [0.29, 0.717) is 19.3 Å². The Bertz CT molecular complexity index is 1130. The summed E-state index contributed by atoms with van der Waals surface area (Å²) in [6.07, 6.45) is -2.91. The Hall–Kier alpha value is -3.49. The molecule has 0 bridgehead atoms. The van der Waals surface area contributed by atoms with E-state index in [1.807, 2.05) is 36.4 Å². The molecule has 4 atom stereocenters. The molecular formula is C26H26F2N2O5. The van der Waals surface area contributed by atoms with Crippen molar-refractivity contribution in [3.05, 3.63) is 59.7 Å². The molecule has 5 rings (SSSR count). The number of carboxylic acids is 1. The molecule has 0 aliphatic heterocycles. The topological polar surface area (TPSA) is 105 Å². The largest absolute Gasteiger partial charge is 0.480 e. The molecule has 9 heteroatoms. The fourth-order valence-electron chi connectivity index (χ4n) is 5.80. The van der Waals surface area contributed by atoms with E-state index in [9.17, 15) is 23.2 Å². The molecule has 2 amide bonds. The second-order valence-electron chi connectivity index (χ2n) is 9.65. The number of carbonyl (C=O) groups excluding carboxylic acids is 2. The number of amides is 2. The van der Waals surface area contributed by atoms with E-state index in [1.165, 1.54) is 0 Å². The maximum atomic E-state index is 12.7. The lowest BCUT2D eigenvalue weighted by molar-refractivity contribution is -0.144. The summed E-state index contributed by atoms with van der Waals surface area (Å²) in [5.41, 5.74) is 3.67. The number of nitrogens with one attached hydrogen (secondary N) is 2. The molecule has 3 N–H and O–H groups in total. The number of ether oxygens (including phenoxy) is 1. The van der Waals surface area contributed by atoms with E-state index in [4.69, 9.17) is 9.84 Å². The summed E-state index contributed by atoms with van der Waals surface area (Å²) < 4.78 is 30.9. The van der Waals surface area contributed by atoms with Crippen molar-refractivity contribution < 1.29 is 33.0 Å². The zero-order valence-electron chi connectivity index (χ0n) is 18.9. The predicted octanol–water partition coefficient (Wildman–Crippen LogP) is 3.92. The van der Waals surface area contributed by atoms with Crippen molar-refractivity contribution in [2.75, 3.05) is 6.61 Å². The number of alkyl carbamates (subject to hydrolysis) is 1. The van der Waals surface area contributed by atoms with Crippen LogP contribution in [0.5, 0.6) is 0 Å². The summed E-state index contributed by atoms with van der Waals surface area (Å²) in [7, 11) is 0. The molecule has 2 saturated carbocycles. The first-order chi connectivity index (χ1) is 16.8. The van der Waals surface area contributed by atoms with Gasteiger partial charge in [-0.1, -0.05) is 48.5 Å². The Labute approximate surface area is 200 Å². The summed E-state index contributed by atoms with van der Waals surface area (Å²) in [5.74, 6) is -2.10. The maximum absolute atomic E-state index is 12.7. The Kier molecular flexibility index (Phi) is 5.94. The molecule has 1 unspecified atom stereocenters. The van der Waals surface area contributed by atoms with Gasteiger partial charge in [0, 0.05) is 18.4 Å². The predicted molar refractivity (Wildman–Crippen MR) is 122 cm³/mol. The van der Waals surface area contributed by atoms with Crippen molar-refractivity contribution in [3.63, 3.8) is 0 Å². The van der Waals surface area contributed by atoms with Gasteiger partial charge in [0.1, 0.15) is 12.6 Å². The van der Waals surface area contributed by atoms with Gasteiger partial charge >= 0.3 is 12.1 Å². The van der Waals surface area contributed by atoms with Gasteiger partial charge in [0.15, 0.2) is 0 Å². The van der Waals surface area contributed by atoms with Crippen molar-refractivity contribution >= 4 is 18.0 Å². The van der Waals surface area contributed by atoms with Gasteiger partial charge in [0.25, 0.3) is 0 Å². The number of halogens is 2. The molecule has 3 aliphatic rings. The van der Waals surface area contributed by atoms with Crippen molar-refractivity contribution in [3.8, 4) is 11.1 Å². The van der Waals surface area contributed by atoms with E-state index < -0.39 is 42.3 Å².